The summed E-state index contributed by atoms with van der Waals surface area (Å²) >= 11 is 5.93. The molecule has 30 heavy (non-hydrogen) atoms. The number of aromatic nitrogens is 3. The molecule has 0 fully saturated rings. The first-order valence-electron chi connectivity index (χ1n) is 8.88. The summed E-state index contributed by atoms with van der Waals surface area (Å²) in [7, 11) is 2.78. The van der Waals surface area contributed by atoms with Crippen molar-refractivity contribution in [3.05, 3.63) is 71.5 Å². The number of hydrogen-bond donors (Lipinski definition) is 1. The molecule has 0 bridgehead atoms. The van der Waals surface area contributed by atoms with Gasteiger partial charge < -0.3 is 5.32 Å². The molecule has 0 saturated heterocycles. The number of carbonyl (C=O) groups excluding carboxylic acids is 1. The summed E-state index contributed by atoms with van der Waals surface area (Å²) in [6, 6.07) is 3.62. The van der Waals surface area contributed by atoms with Crippen LogP contribution in [0.2, 0.25) is 5.02 Å². The maximum absolute atomic E-state index is 13.0. The molecular formula is C19H18ClN5O5. The van der Waals surface area contributed by atoms with Gasteiger partial charge in [0.15, 0.2) is 5.65 Å². The zero-order valence-corrected chi connectivity index (χ0v) is 17.4. The molecule has 3 aromatic rings. The number of aryl methyl sites for hydroxylation is 1. The number of nitro benzene ring substituents is 1. The molecule has 0 saturated carbocycles. The van der Waals surface area contributed by atoms with Crippen LogP contribution in [0, 0.1) is 10.1 Å². The fourth-order valence-electron chi connectivity index (χ4n) is 3.15. The van der Waals surface area contributed by atoms with Gasteiger partial charge in [0.25, 0.3) is 17.2 Å². The summed E-state index contributed by atoms with van der Waals surface area (Å²) in [6.45, 7) is 3.68. The molecule has 2 heterocycles. The highest BCUT2D eigenvalue weighted by atomic mass is 35.5. The predicted octanol–water partition coefficient (Wildman–Crippen LogP) is 2.57. The number of benzene rings is 1. The molecule has 10 nitrogen and oxygen atoms in total. The van der Waals surface area contributed by atoms with E-state index in [0.717, 1.165) is 10.6 Å². The van der Waals surface area contributed by atoms with Crippen molar-refractivity contribution in [3.8, 4) is 0 Å². The van der Waals surface area contributed by atoms with Crippen LogP contribution in [0.25, 0.3) is 11.0 Å². The van der Waals surface area contributed by atoms with Crippen LogP contribution < -0.4 is 16.6 Å². The van der Waals surface area contributed by atoms with E-state index in [4.69, 9.17) is 11.6 Å². The van der Waals surface area contributed by atoms with Crippen LogP contribution in [-0.4, -0.2) is 24.9 Å². The largest absolute Gasteiger partial charge is 0.332 e. The van der Waals surface area contributed by atoms with Gasteiger partial charge in [-0.1, -0.05) is 25.4 Å². The Labute approximate surface area is 174 Å². The molecule has 0 aliphatic carbocycles. The average molecular weight is 432 g/mol. The van der Waals surface area contributed by atoms with Crippen LogP contribution in [0.15, 0.2) is 34.0 Å². The molecule has 0 aliphatic rings. The van der Waals surface area contributed by atoms with Crippen molar-refractivity contribution in [3.63, 3.8) is 0 Å². The molecule has 1 N–H and O–H groups in total. The maximum atomic E-state index is 13.0. The minimum Gasteiger partial charge on any atom is -0.321 e. The quantitative estimate of drug-likeness (QED) is 0.499. The first-order valence-corrected chi connectivity index (χ1v) is 9.26. The van der Waals surface area contributed by atoms with Crippen molar-refractivity contribution in [2.24, 2.45) is 14.1 Å². The highest BCUT2D eigenvalue weighted by molar-refractivity contribution is 6.31. The van der Waals surface area contributed by atoms with E-state index in [0.29, 0.717) is 5.56 Å². The van der Waals surface area contributed by atoms with E-state index in [1.54, 1.807) is 0 Å². The van der Waals surface area contributed by atoms with Crippen LogP contribution in [0.4, 0.5) is 11.4 Å². The van der Waals surface area contributed by atoms with E-state index >= 15 is 0 Å². The molecule has 3 rings (SSSR count). The summed E-state index contributed by atoms with van der Waals surface area (Å²) in [4.78, 5) is 53.0. The number of amides is 1. The van der Waals surface area contributed by atoms with Gasteiger partial charge in [0, 0.05) is 31.4 Å². The second kappa shape index (κ2) is 7.71. The molecule has 0 atom stereocenters. The van der Waals surface area contributed by atoms with Crippen molar-refractivity contribution < 1.29 is 9.72 Å². The maximum Gasteiger partial charge on any atom is 0.332 e. The van der Waals surface area contributed by atoms with Crippen molar-refractivity contribution in [2.75, 3.05) is 5.32 Å². The van der Waals surface area contributed by atoms with Gasteiger partial charge in [-0.05, 0) is 23.6 Å². The van der Waals surface area contributed by atoms with E-state index in [-0.39, 0.29) is 33.2 Å². The van der Waals surface area contributed by atoms with E-state index in [1.165, 1.54) is 37.0 Å². The van der Waals surface area contributed by atoms with E-state index in [9.17, 15) is 24.5 Å². The van der Waals surface area contributed by atoms with Gasteiger partial charge in [-0.15, -0.1) is 0 Å². The second-order valence-corrected chi connectivity index (χ2v) is 7.46. The molecular weight excluding hydrogens is 414 g/mol. The van der Waals surface area contributed by atoms with Crippen molar-refractivity contribution in [1.29, 1.82) is 0 Å². The van der Waals surface area contributed by atoms with E-state index in [2.05, 4.69) is 10.3 Å². The Kier molecular flexibility index (Phi) is 5.45. The molecule has 1 aromatic carbocycles. The molecule has 0 aliphatic heterocycles. The number of carbonyl (C=O) groups is 1. The van der Waals surface area contributed by atoms with Crippen LogP contribution in [-0.2, 0) is 14.1 Å². The Hall–Kier alpha value is -3.53. The number of pyridine rings is 1. The zero-order valence-electron chi connectivity index (χ0n) is 16.6. The van der Waals surface area contributed by atoms with Gasteiger partial charge in [0.1, 0.15) is 10.9 Å². The summed E-state index contributed by atoms with van der Waals surface area (Å²) in [5.74, 6) is -0.956. The highest BCUT2D eigenvalue weighted by Gasteiger charge is 2.25. The zero-order chi connectivity index (χ0) is 22.3. The summed E-state index contributed by atoms with van der Waals surface area (Å²) in [6.07, 6.45) is 1.47. The Morgan fingerprint density at radius 2 is 1.90 bits per heavy atom. The lowest BCUT2D eigenvalue weighted by Crippen LogP contribution is -2.38. The molecule has 156 valence electrons. The topological polar surface area (TPSA) is 129 Å². The standard InChI is InChI=1S/C19H18ClN5O5/c1-9(2)12-8-21-16-14(18(27)24(4)19(28)23(16)3)15(12)22-17(26)11-7-10(20)5-6-13(11)25(29)30/h5-9H,1-4H3,(H,21,22,26). The Morgan fingerprint density at radius 3 is 2.50 bits per heavy atom. The van der Waals surface area contributed by atoms with Crippen LogP contribution in [0.1, 0.15) is 35.7 Å². The third kappa shape index (κ3) is 3.45. The van der Waals surface area contributed by atoms with Crippen molar-refractivity contribution in [1.82, 2.24) is 14.1 Å². The Bertz CT molecular complexity index is 1330. The van der Waals surface area contributed by atoms with Gasteiger partial charge in [-0.2, -0.15) is 0 Å². The predicted molar refractivity (Wildman–Crippen MR) is 112 cm³/mol. The number of fused-ring (bicyclic) bond motifs is 1. The SMILES string of the molecule is CC(C)c1cnc2c(c1NC(=O)c1cc(Cl)ccc1[N+](=O)[O-])c(=O)n(C)c(=O)n2C. The number of hydrogen-bond acceptors (Lipinski definition) is 6. The fourth-order valence-corrected chi connectivity index (χ4v) is 3.32. The van der Waals surface area contributed by atoms with E-state index in [1.807, 2.05) is 13.8 Å². The van der Waals surface area contributed by atoms with Gasteiger partial charge in [-0.25, -0.2) is 9.78 Å². The molecule has 0 radical (unpaired) electrons. The van der Waals surface area contributed by atoms with E-state index < -0.39 is 27.8 Å². The summed E-state index contributed by atoms with van der Waals surface area (Å²) in [5, 5.41) is 14.1. The second-order valence-electron chi connectivity index (χ2n) is 7.02. The summed E-state index contributed by atoms with van der Waals surface area (Å²) < 4.78 is 2.10. The van der Waals surface area contributed by atoms with Crippen molar-refractivity contribution in [2.45, 2.75) is 19.8 Å². The lowest BCUT2D eigenvalue weighted by molar-refractivity contribution is -0.385. The number of nitrogens with one attached hydrogen (secondary N) is 1. The molecule has 0 spiro atoms. The number of nitro groups is 1. The number of rotatable bonds is 4. The minimum atomic E-state index is -0.811. The molecule has 11 heteroatoms. The van der Waals surface area contributed by atoms with Gasteiger partial charge in [0.05, 0.1) is 10.6 Å². The highest BCUT2D eigenvalue weighted by Crippen LogP contribution is 2.30. The number of nitrogens with zero attached hydrogens (tertiary/aromatic N) is 4. The molecule has 0 unspecified atom stereocenters. The number of halogens is 1. The smallest absolute Gasteiger partial charge is 0.321 e. The third-order valence-electron chi connectivity index (χ3n) is 4.76. The van der Waals surface area contributed by atoms with Gasteiger partial charge in [-0.3, -0.25) is 28.8 Å². The van der Waals surface area contributed by atoms with Crippen LogP contribution >= 0.6 is 11.6 Å². The number of anilines is 1. The lowest BCUT2D eigenvalue weighted by Gasteiger charge is -2.17. The first-order chi connectivity index (χ1) is 14.0. The lowest BCUT2D eigenvalue weighted by atomic mass is 10.0. The van der Waals surface area contributed by atoms with Gasteiger partial charge in [0.2, 0.25) is 0 Å². The van der Waals surface area contributed by atoms with Crippen LogP contribution in [0.5, 0.6) is 0 Å². The average Bonchev–Trinajstić information content (AvgIpc) is 2.69. The first kappa shape index (κ1) is 21.2. The Morgan fingerprint density at radius 1 is 1.23 bits per heavy atom. The van der Waals surface area contributed by atoms with Gasteiger partial charge >= 0.3 is 5.69 Å². The Balaban J connectivity index is 2.31. The fraction of sp³-hybridized carbons (Fsp3) is 0.263. The third-order valence-corrected chi connectivity index (χ3v) is 4.99. The molecule has 1 amide bonds. The minimum absolute atomic E-state index is 0.0313. The van der Waals surface area contributed by atoms with Crippen molar-refractivity contribution >= 4 is 39.9 Å². The monoisotopic (exact) mass is 431 g/mol. The normalized spacial score (nSPS) is 11.1. The molecule has 2 aromatic heterocycles. The van der Waals surface area contributed by atoms with Crippen LogP contribution in [0.3, 0.4) is 0 Å². The summed E-state index contributed by atoms with van der Waals surface area (Å²) in [5.41, 5.74) is -1.13.